The number of hydrogen-bond donors (Lipinski definition) is 1. The fourth-order valence-corrected chi connectivity index (χ4v) is 3.44. The SMILES string of the molecule is CC(C)(Oc1cccc(C2CCCN(C(=O)Cc3cccnc3)C2)c1)C(=O)O. The topological polar surface area (TPSA) is 79.7 Å². The normalized spacial score (nSPS) is 17.2. The molecule has 0 spiro atoms. The van der Waals surface area contributed by atoms with Crippen LogP contribution in [0.4, 0.5) is 0 Å². The Balaban J connectivity index is 1.68. The molecule has 1 fully saturated rings. The van der Waals surface area contributed by atoms with E-state index in [9.17, 15) is 14.7 Å². The van der Waals surface area contributed by atoms with E-state index in [1.165, 1.54) is 13.8 Å². The second-order valence-electron chi connectivity index (χ2n) is 7.71. The van der Waals surface area contributed by atoms with Gasteiger partial charge in [-0.15, -0.1) is 0 Å². The van der Waals surface area contributed by atoms with Crippen LogP contribution in [0, 0.1) is 0 Å². The number of pyridine rings is 1. The lowest BCUT2D eigenvalue weighted by molar-refractivity contribution is -0.152. The van der Waals surface area contributed by atoms with E-state index >= 15 is 0 Å². The Morgan fingerprint density at radius 3 is 2.82 bits per heavy atom. The molecule has 3 rings (SSSR count). The third-order valence-electron chi connectivity index (χ3n) is 5.07. The molecule has 28 heavy (non-hydrogen) atoms. The first kappa shape index (κ1) is 19.9. The fraction of sp³-hybridized carbons (Fsp3) is 0.409. The first-order chi connectivity index (χ1) is 13.3. The number of carbonyl (C=O) groups excluding carboxylic acids is 1. The summed E-state index contributed by atoms with van der Waals surface area (Å²) in [6, 6.07) is 11.3. The van der Waals surface area contributed by atoms with Crippen LogP contribution in [-0.4, -0.2) is 45.6 Å². The standard InChI is InChI=1S/C22H26N2O4/c1-22(2,21(26)27)28-19-9-3-7-17(13-19)18-8-5-11-24(15-18)20(25)12-16-6-4-10-23-14-16/h3-4,6-7,9-10,13-14,18H,5,8,11-12,15H2,1-2H3,(H,26,27). The van der Waals surface area contributed by atoms with Gasteiger partial charge >= 0.3 is 5.97 Å². The van der Waals surface area contributed by atoms with Crippen molar-refractivity contribution in [2.75, 3.05) is 13.1 Å². The number of nitrogens with zero attached hydrogens (tertiary/aromatic N) is 2. The van der Waals surface area contributed by atoms with Gasteiger partial charge in [-0.1, -0.05) is 18.2 Å². The van der Waals surface area contributed by atoms with Gasteiger partial charge < -0.3 is 14.7 Å². The molecule has 1 N–H and O–H groups in total. The molecule has 0 aliphatic carbocycles. The van der Waals surface area contributed by atoms with E-state index in [0.717, 1.165) is 30.5 Å². The molecule has 0 bridgehead atoms. The maximum absolute atomic E-state index is 12.7. The number of carboxylic acids is 1. The molecule has 6 nitrogen and oxygen atoms in total. The minimum Gasteiger partial charge on any atom is -0.478 e. The van der Waals surface area contributed by atoms with E-state index in [2.05, 4.69) is 4.98 Å². The highest BCUT2D eigenvalue weighted by atomic mass is 16.5. The summed E-state index contributed by atoms with van der Waals surface area (Å²) in [5, 5.41) is 9.26. The highest BCUT2D eigenvalue weighted by Gasteiger charge is 2.30. The largest absolute Gasteiger partial charge is 0.478 e. The zero-order valence-electron chi connectivity index (χ0n) is 16.3. The zero-order chi connectivity index (χ0) is 20.1. The average molecular weight is 382 g/mol. The lowest BCUT2D eigenvalue weighted by Gasteiger charge is -2.33. The predicted octanol–water partition coefficient (Wildman–Crippen LogP) is 3.27. The van der Waals surface area contributed by atoms with Crippen molar-refractivity contribution in [1.82, 2.24) is 9.88 Å². The van der Waals surface area contributed by atoms with Crippen LogP contribution in [-0.2, 0) is 16.0 Å². The number of aromatic nitrogens is 1. The van der Waals surface area contributed by atoms with Crippen LogP contribution >= 0.6 is 0 Å². The van der Waals surface area contributed by atoms with E-state index in [1.54, 1.807) is 18.5 Å². The molecule has 2 heterocycles. The smallest absolute Gasteiger partial charge is 0.347 e. The Morgan fingerprint density at radius 1 is 1.29 bits per heavy atom. The molecule has 1 aliphatic heterocycles. The summed E-state index contributed by atoms with van der Waals surface area (Å²) in [4.78, 5) is 30.0. The van der Waals surface area contributed by atoms with Crippen LogP contribution in [0.5, 0.6) is 5.75 Å². The molecular formula is C22H26N2O4. The molecule has 148 valence electrons. The third kappa shape index (κ3) is 4.88. The number of piperidine rings is 1. The van der Waals surface area contributed by atoms with Gasteiger partial charge in [-0.2, -0.15) is 0 Å². The van der Waals surface area contributed by atoms with Crippen molar-refractivity contribution < 1.29 is 19.4 Å². The van der Waals surface area contributed by atoms with Gasteiger partial charge in [0.25, 0.3) is 0 Å². The average Bonchev–Trinajstić information content (AvgIpc) is 2.68. The van der Waals surface area contributed by atoms with Gasteiger partial charge in [-0.25, -0.2) is 4.79 Å². The van der Waals surface area contributed by atoms with Gasteiger partial charge in [0.05, 0.1) is 6.42 Å². The molecule has 0 saturated carbocycles. The lowest BCUT2D eigenvalue weighted by Crippen LogP contribution is -2.40. The summed E-state index contributed by atoms with van der Waals surface area (Å²) in [6.45, 7) is 4.48. The monoisotopic (exact) mass is 382 g/mol. The van der Waals surface area contributed by atoms with Crippen molar-refractivity contribution >= 4 is 11.9 Å². The maximum atomic E-state index is 12.7. The number of hydrogen-bond acceptors (Lipinski definition) is 4. The Bertz CT molecular complexity index is 835. The van der Waals surface area contributed by atoms with Crippen LogP contribution < -0.4 is 4.74 Å². The number of amides is 1. The van der Waals surface area contributed by atoms with E-state index < -0.39 is 11.6 Å². The van der Waals surface area contributed by atoms with Crippen molar-refractivity contribution in [2.45, 2.75) is 44.6 Å². The van der Waals surface area contributed by atoms with E-state index in [4.69, 9.17) is 4.74 Å². The molecule has 1 amide bonds. The quantitative estimate of drug-likeness (QED) is 0.829. The van der Waals surface area contributed by atoms with E-state index in [1.807, 2.05) is 35.2 Å². The first-order valence-corrected chi connectivity index (χ1v) is 9.54. The van der Waals surface area contributed by atoms with Gasteiger partial charge in [0.1, 0.15) is 5.75 Å². The Labute approximate surface area is 165 Å². The van der Waals surface area contributed by atoms with Crippen molar-refractivity contribution in [3.8, 4) is 5.75 Å². The summed E-state index contributed by atoms with van der Waals surface area (Å²) < 4.78 is 5.66. The van der Waals surface area contributed by atoms with Gasteiger partial charge in [0.15, 0.2) is 5.60 Å². The molecule has 1 aromatic heterocycles. The summed E-state index contributed by atoms with van der Waals surface area (Å²) >= 11 is 0. The highest BCUT2D eigenvalue weighted by Crippen LogP contribution is 2.30. The number of aliphatic carboxylic acids is 1. The second kappa shape index (κ2) is 8.42. The third-order valence-corrected chi connectivity index (χ3v) is 5.07. The number of likely N-dealkylation sites (tertiary alicyclic amines) is 1. The Morgan fingerprint density at radius 2 is 2.11 bits per heavy atom. The van der Waals surface area contributed by atoms with Crippen molar-refractivity contribution in [2.24, 2.45) is 0 Å². The van der Waals surface area contributed by atoms with Crippen LogP contribution in [0.25, 0.3) is 0 Å². The van der Waals surface area contributed by atoms with E-state index in [-0.39, 0.29) is 11.8 Å². The van der Waals surface area contributed by atoms with Gasteiger partial charge in [0, 0.05) is 31.4 Å². The number of carboxylic acid groups (broad SMARTS) is 1. The molecule has 0 radical (unpaired) electrons. The number of ether oxygens (including phenoxy) is 1. The molecule has 6 heteroatoms. The zero-order valence-corrected chi connectivity index (χ0v) is 16.3. The number of carbonyl (C=O) groups is 2. The maximum Gasteiger partial charge on any atom is 0.347 e. The molecular weight excluding hydrogens is 356 g/mol. The minimum atomic E-state index is -1.29. The number of benzene rings is 1. The van der Waals surface area contributed by atoms with Gasteiger partial charge in [-0.3, -0.25) is 9.78 Å². The molecule has 2 aromatic rings. The van der Waals surface area contributed by atoms with Crippen molar-refractivity contribution in [3.05, 3.63) is 59.9 Å². The van der Waals surface area contributed by atoms with Crippen LogP contribution in [0.15, 0.2) is 48.8 Å². The van der Waals surface area contributed by atoms with E-state index in [0.29, 0.717) is 18.7 Å². The van der Waals surface area contributed by atoms with Crippen molar-refractivity contribution in [3.63, 3.8) is 0 Å². The Kier molecular flexibility index (Phi) is 5.97. The van der Waals surface area contributed by atoms with Gasteiger partial charge in [0.2, 0.25) is 5.91 Å². The predicted molar refractivity (Wildman–Crippen MR) is 105 cm³/mol. The number of rotatable bonds is 6. The summed E-state index contributed by atoms with van der Waals surface area (Å²) in [7, 11) is 0. The van der Waals surface area contributed by atoms with Crippen molar-refractivity contribution in [1.29, 1.82) is 0 Å². The van der Waals surface area contributed by atoms with Crippen LogP contribution in [0.2, 0.25) is 0 Å². The van der Waals surface area contributed by atoms with Crippen LogP contribution in [0.3, 0.4) is 0 Å². The molecule has 1 unspecified atom stereocenters. The summed E-state index contributed by atoms with van der Waals surface area (Å²) in [6.07, 6.45) is 5.71. The molecule has 1 aliphatic rings. The molecule has 1 aromatic carbocycles. The summed E-state index contributed by atoms with van der Waals surface area (Å²) in [5.74, 6) is -0.161. The minimum absolute atomic E-state index is 0.108. The molecule has 1 atom stereocenters. The highest BCUT2D eigenvalue weighted by molar-refractivity contribution is 5.79. The molecule has 1 saturated heterocycles. The summed E-state index contributed by atoms with van der Waals surface area (Å²) in [5.41, 5.74) is 0.690. The van der Waals surface area contributed by atoms with Gasteiger partial charge in [-0.05, 0) is 56.0 Å². The lowest BCUT2D eigenvalue weighted by atomic mass is 9.90. The van der Waals surface area contributed by atoms with Crippen LogP contribution in [0.1, 0.15) is 43.7 Å². The second-order valence-corrected chi connectivity index (χ2v) is 7.71. The first-order valence-electron chi connectivity index (χ1n) is 9.54. The fourth-order valence-electron chi connectivity index (χ4n) is 3.44. The Hall–Kier alpha value is -2.89.